The molecule has 32 heavy (non-hydrogen) atoms. The number of piperazine rings is 1. The van der Waals surface area contributed by atoms with Crippen LogP contribution in [-0.4, -0.2) is 73.6 Å². The number of morpholine rings is 1. The molecule has 1 N–H and O–H groups in total. The fourth-order valence-corrected chi connectivity index (χ4v) is 4.64. The summed E-state index contributed by atoms with van der Waals surface area (Å²) in [5, 5.41) is 1.93. The fraction of sp³-hybridized carbons (Fsp3) is 0.364. The van der Waals surface area contributed by atoms with Crippen LogP contribution in [0.5, 0.6) is 0 Å². The summed E-state index contributed by atoms with van der Waals surface area (Å²) in [5.74, 6) is 1.07. The van der Waals surface area contributed by atoms with Gasteiger partial charge in [-0.3, -0.25) is 14.9 Å². The first-order chi connectivity index (χ1) is 15.7. The Hall–Kier alpha value is -3.11. The summed E-state index contributed by atoms with van der Waals surface area (Å²) >= 11 is 0.897. The zero-order valence-electron chi connectivity index (χ0n) is 17.6. The fourth-order valence-electron chi connectivity index (χ4n) is 3.97. The zero-order valence-corrected chi connectivity index (χ0v) is 18.4. The van der Waals surface area contributed by atoms with Gasteiger partial charge in [0.1, 0.15) is 5.82 Å². The highest BCUT2D eigenvalue weighted by molar-refractivity contribution is 8.18. The van der Waals surface area contributed by atoms with Crippen LogP contribution in [0.3, 0.4) is 0 Å². The summed E-state index contributed by atoms with van der Waals surface area (Å²) in [6.07, 6.45) is 1.67. The largest absolute Gasteiger partial charge is 0.378 e. The lowest BCUT2D eigenvalue weighted by Gasteiger charge is -2.36. The minimum atomic E-state index is -0.385. The molecule has 1 aromatic heterocycles. The number of hydrogen-bond acceptors (Lipinski definition) is 9. The predicted octanol–water partition coefficient (Wildman–Crippen LogP) is 1.96. The highest BCUT2D eigenvalue weighted by Gasteiger charge is 2.26. The van der Waals surface area contributed by atoms with E-state index in [0.717, 1.165) is 56.8 Å². The average Bonchev–Trinajstić information content (AvgIpc) is 3.16. The summed E-state index contributed by atoms with van der Waals surface area (Å²) < 4.78 is 5.48. The molecule has 3 aliphatic rings. The van der Waals surface area contributed by atoms with Crippen molar-refractivity contribution < 1.29 is 14.3 Å². The third kappa shape index (κ3) is 4.56. The molecule has 0 unspecified atom stereocenters. The number of carbonyl (C=O) groups is 2. The number of carbonyl (C=O) groups excluding carboxylic acids is 2. The molecular weight excluding hydrogens is 428 g/mol. The molecule has 0 saturated carbocycles. The van der Waals surface area contributed by atoms with Crippen molar-refractivity contribution in [1.29, 1.82) is 0 Å². The van der Waals surface area contributed by atoms with E-state index in [1.165, 1.54) is 5.69 Å². The number of nitrogens with one attached hydrogen (secondary N) is 1. The maximum Gasteiger partial charge on any atom is 0.290 e. The standard InChI is InChI=1S/C22H24N6O3S/c29-20-18(32-22(30)25-20)14-16-15-19(27-10-12-31-13-11-27)24-21(23-16)28-8-6-26(7-9-28)17-4-2-1-3-5-17/h1-5,14-15H,6-13H2,(H,25,29,30). The van der Waals surface area contributed by atoms with Crippen LogP contribution in [0.4, 0.5) is 22.2 Å². The Morgan fingerprint density at radius 1 is 0.906 bits per heavy atom. The molecule has 2 amide bonds. The first-order valence-corrected chi connectivity index (χ1v) is 11.5. The van der Waals surface area contributed by atoms with Crippen molar-refractivity contribution in [3.05, 3.63) is 47.0 Å². The van der Waals surface area contributed by atoms with Gasteiger partial charge < -0.3 is 19.4 Å². The molecule has 3 saturated heterocycles. The van der Waals surface area contributed by atoms with Crippen molar-refractivity contribution in [1.82, 2.24) is 15.3 Å². The molecule has 9 nitrogen and oxygen atoms in total. The lowest BCUT2D eigenvalue weighted by molar-refractivity contribution is -0.115. The Bertz CT molecular complexity index is 1030. The molecule has 0 atom stereocenters. The molecule has 0 aliphatic carbocycles. The number of benzene rings is 1. The number of para-hydroxylation sites is 1. The van der Waals surface area contributed by atoms with Crippen LogP contribution in [-0.2, 0) is 9.53 Å². The number of amides is 2. The Morgan fingerprint density at radius 3 is 2.31 bits per heavy atom. The minimum Gasteiger partial charge on any atom is -0.378 e. The second-order valence-electron chi connectivity index (χ2n) is 7.71. The number of anilines is 3. The molecule has 0 bridgehead atoms. The van der Waals surface area contributed by atoms with E-state index in [4.69, 9.17) is 14.7 Å². The van der Waals surface area contributed by atoms with Gasteiger partial charge in [-0.25, -0.2) is 4.98 Å². The van der Waals surface area contributed by atoms with Gasteiger partial charge in [0.2, 0.25) is 5.95 Å². The molecular formula is C22H24N6O3S. The van der Waals surface area contributed by atoms with Crippen molar-refractivity contribution in [2.75, 3.05) is 67.2 Å². The normalized spacial score (nSPS) is 20.8. The second kappa shape index (κ2) is 9.17. The van der Waals surface area contributed by atoms with Crippen molar-refractivity contribution >= 4 is 46.4 Å². The molecule has 0 spiro atoms. The molecule has 5 rings (SSSR count). The van der Waals surface area contributed by atoms with Crippen molar-refractivity contribution in [3.8, 4) is 0 Å². The van der Waals surface area contributed by atoms with Gasteiger partial charge >= 0.3 is 0 Å². The van der Waals surface area contributed by atoms with E-state index in [-0.39, 0.29) is 11.1 Å². The summed E-state index contributed by atoms with van der Waals surface area (Å²) in [4.78, 5) is 40.2. The molecule has 10 heteroatoms. The number of aromatic nitrogens is 2. The smallest absolute Gasteiger partial charge is 0.290 e. The lowest BCUT2D eigenvalue weighted by Crippen LogP contribution is -2.47. The maximum atomic E-state index is 12.0. The average molecular weight is 453 g/mol. The quantitative estimate of drug-likeness (QED) is 0.699. The van der Waals surface area contributed by atoms with Crippen LogP contribution >= 0.6 is 11.8 Å². The summed E-state index contributed by atoms with van der Waals surface area (Å²) in [5.41, 5.74) is 1.84. The van der Waals surface area contributed by atoms with Crippen molar-refractivity contribution in [2.24, 2.45) is 0 Å². The van der Waals surface area contributed by atoms with Crippen LogP contribution < -0.4 is 20.0 Å². The summed E-state index contributed by atoms with van der Waals surface area (Å²) in [6.45, 7) is 6.15. The van der Waals surface area contributed by atoms with E-state index in [0.29, 0.717) is 29.8 Å². The van der Waals surface area contributed by atoms with E-state index in [2.05, 4.69) is 44.3 Å². The molecule has 4 heterocycles. The van der Waals surface area contributed by atoms with E-state index in [1.807, 2.05) is 12.1 Å². The molecule has 1 aromatic carbocycles. The maximum absolute atomic E-state index is 12.0. The van der Waals surface area contributed by atoms with E-state index >= 15 is 0 Å². The van der Waals surface area contributed by atoms with Crippen LogP contribution in [0.15, 0.2) is 41.3 Å². The second-order valence-corrected chi connectivity index (χ2v) is 8.73. The molecule has 3 fully saturated rings. The number of imide groups is 1. The van der Waals surface area contributed by atoms with Gasteiger partial charge in [-0.2, -0.15) is 4.98 Å². The van der Waals surface area contributed by atoms with Gasteiger partial charge in [0.05, 0.1) is 23.8 Å². The number of thioether (sulfide) groups is 1. The molecule has 2 aromatic rings. The molecule has 3 aliphatic heterocycles. The van der Waals surface area contributed by atoms with Crippen LogP contribution in [0, 0.1) is 0 Å². The van der Waals surface area contributed by atoms with Crippen LogP contribution in [0.25, 0.3) is 6.08 Å². The van der Waals surface area contributed by atoms with Gasteiger partial charge in [0.25, 0.3) is 11.1 Å². The van der Waals surface area contributed by atoms with E-state index < -0.39 is 0 Å². The Labute approximate surface area is 190 Å². The van der Waals surface area contributed by atoms with Gasteiger partial charge in [0, 0.05) is 51.0 Å². The number of hydrogen-bond donors (Lipinski definition) is 1. The van der Waals surface area contributed by atoms with Gasteiger partial charge in [0.15, 0.2) is 0 Å². The lowest BCUT2D eigenvalue weighted by atomic mass is 10.2. The summed E-state index contributed by atoms with van der Waals surface area (Å²) in [7, 11) is 0. The summed E-state index contributed by atoms with van der Waals surface area (Å²) in [6, 6.07) is 12.3. The van der Waals surface area contributed by atoms with Crippen molar-refractivity contribution in [2.45, 2.75) is 0 Å². The molecule has 166 valence electrons. The third-order valence-electron chi connectivity index (χ3n) is 5.66. The van der Waals surface area contributed by atoms with Crippen molar-refractivity contribution in [3.63, 3.8) is 0 Å². The first kappa shape index (κ1) is 20.8. The number of nitrogens with zero attached hydrogens (tertiary/aromatic N) is 5. The third-order valence-corrected chi connectivity index (χ3v) is 6.47. The van der Waals surface area contributed by atoms with Gasteiger partial charge in [-0.15, -0.1) is 0 Å². The Balaban J connectivity index is 1.40. The topological polar surface area (TPSA) is 90.9 Å². The van der Waals surface area contributed by atoms with Crippen LogP contribution in [0.1, 0.15) is 5.69 Å². The highest BCUT2D eigenvalue weighted by atomic mass is 32.2. The number of ether oxygens (including phenoxy) is 1. The predicted molar refractivity (Wildman–Crippen MR) is 125 cm³/mol. The highest BCUT2D eigenvalue weighted by Crippen LogP contribution is 2.27. The van der Waals surface area contributed by atoms with E-state index in [9.17, 15) is 9.59 Å². The first-order valence-electron chi connectivity index (χ1n) is 10.7. The molecule has 0 radical (unpaired) electrons. The van der Waals surface area contributed by atoms with Gasteiger partial charge in [-0.1, -0.05) is 18.2 Å². The minimum absolute atomic E-state index is 0.349. The monoisotopic (exact) mass is 452 g/mol. The van der Waals surface area contributed by atoms with Gasteiger partial charge in [-0.05, 0) is 30.0 Å². The van der Waals surface area contributed by atoms with E-state index in [1.54, 1.807) is 6.08 Å². The Kier molecular flexibility index (Phi) is 5.95. The Morgan fingerprint density at radius 2 is 1.62 bits per heavy atom. The zero-order chi connectivity index (χ0) is 21.9. The van der Waals surface area contributed by atoms with Crippen LogP contribution in [0.2, 0.25) is 0 Å². The SMILES string of the molecule is O=C1NC(=O)C(=Cc2cc(N3CCOCC3)nc(N3CCN(c4ccccc4)CC3)n2)S1. The number of rotatable bonds is 4.